The third-order valence-electron chi connectivity index (χ3n) is 14.4. The summed E-state index contributed by atoms with van der Waals surface area (Å²) in [4.78, 5) is 0. The average molecular weight is 1350 g/mol. The summed E-state index contributed by atoms with van der Waals surface area (Å²) >= 11 is 0. The zero-order valence-electron chi connectivity index (χ0n) is 51.5. The van der Waals surface area contributed by atoms with Crippen molar-refractivity contribution in [3.63, 3.8) is 0 Å². The van der Waals surface area contributed by atoms with Gasteiger partial charge in [-0.2, -0.15) is 0 Å². The first kappa shape index (κ1) is 72.6. The van der Waals surface area contributed by atoms with E-state index in [1.54, 1.807) is 68.8 Å². The molecule has 36 heteroatoms. The van der Waals surface area contributed by atoms with E-state index in [2.05, 4.69) is 92.4 Å². The maximum atomic E-state index is 9.63. The maximum absolute atomic E-state index is 9.63. The van der Waals surface area contributed by atoms with Gasteiger partial charge in [-0.1, -0.05) is 26.7 Å². The van der Waals surface area contributed by atoms with Gasteiger partial charge in [0.05, 0.1) is 0 Å². The average Bonchev–Trinajstić information content (AvgIpc) is 3.28. The molecule has 0 aromatic heterocycles. The van der Waals surface area contributed by atoms with Gasteiger partial charge < -0.3 is 84.9 Å². The Morgan fingerprint density at radius 3 is 0.474 bits per heavy atom. The van der Waals surface area contributed by atoms with E-state index in [4.69, 9.17) is 75.9 Å². The lowest BCUT2D eigenvalue weighted by Gasteiger charge is -2.63. The van der Waals surface area contributed by atoms with Crippen molar-refractivity contribution in [2.75, 3.05) is 42.7 Å². The monoisotopic (exact) mass is 1350 g/mol. The van der Waals surface area contributed by atoms with Gasteiger partial charge in [0.25, 0.3) is 17.4 Å². The predicted octanol–water partition coefficient (Wildman–Crippen LogP) is 11.0. The molecule has 448 valence electrons. The predicted molar refractivity (Wildman–Crippen MR) is 330 cm³/mol. The Hall–Kier alpha value is 2.35. The van der Waals surface area contributed by atoms with Gasteiger partial charge in [-0.05, 0) is 141 Å². The molecule has 6 unspecified atom stereocenters. The van der Waals surface area contributed by atoms with E-state index in [9.17, 15) is 8.92 Å². The largest absolute Gasteiger partial charge is 0.478 e. The van der Waals surface area contributed by atoms with Crippen LogP contribution >= 0.6 is 0 Å². The Morgan fingerprint density at radius 1 is 0.276 bits per heavy atom. The third-order valence-corrected chi connectivity index (χ3v) is 70.0. The Balaban J connectivity index is 0.00000177. The molecule has 0 amide bonds. The van der Waals surface area contributed by atoms with Crippen molar-refractivity contribution in [2.24, 2.45) is 0 Å². The SMILES string of the molecule is CCC[Si]12O[Si]3(CC[Si](C)(C)OC)O[Si]4(CC[Si](C)(C)OC)O[Si](CCC)(O1)O[Si@]1(CC[Si](C)(C)OC)O[Si](CC[Si](C)(C)OC)(O4)O[Si](CC[Si](C)(C)OC)(O3)O[Si@](CC[Si](C)(C)OC)(O2)O1.C[Si](C)=O.C[Si](C)=O. The van der Waals surface area contributed by atoms with Crippen LogP contribution in [0.4, 0.5) is 0 Å². The second-order valence-corrected chi connectivity index (χ2v) is 79.7. The number of rotatable bonds is 28. The molecule has 8 atom stereocenters. The van der Waals surface area contributed by atoms with Crippen LogP contribution in [0.25, 0.3) is 0 Å². The third kappa shape index (κ3) is 21.4. The van der Waals surface area contributed by atoms with E-state index in [1.807, 2.05) is 0 Å². The van der Waals surface area contributed by atoms with Crippen LogP contribution in [0.1, 0.15) is 26.7 Å². The summed E-state index contributed by atoms with van der Waals surface area (Å²) in [5.41, 5.74) is 0. The van der Waals surface area contributed by atoms with Crippen LogP contribution in [0.2, 0.25) is 189 Å². The van der Waals surface area contributed by atoms with Crippen LogP contribution in [-0.2, 0) is 84.9 Å². The van der Waals surface area contributed by atoms with E-state index in [-0.39, 0.29) is 0 Å². The molecule has 6 heterocycles. The van der Waals surface area contributed by atoms with Gasteiger partial charge in [0.15, 0.2) is 49.9 Å². The zero-order chi connectivity index (χ0) is 58.2. The van der Waals surface area contributed by atoms with Gasteiger partial charge in [0.1, 0.15) is 0 Å². The van der Waals surface area contributed by atoms with Gasteiger partial charge in [-0.3, -0.25) is 0 Å². The Morgan fingerprint density at radius 2 is 0.382 bits per heavy atom. The summed E-state index contributed by atoms with van der Waals surface area (Å²) in [7, 11) is -38.6. The van der Waals surface area contributed by atoms with E-state index >= 15 is 0 Å². The van der Waals surface area contributed by atoms with E-state index < -0.39 is 138 Å². The molecule has 8 bridgehead atoms. The topological polar surface area (TPSA) is 200 Å². The molecule has 6 rings (SSSR count). The molecule has 6 fully saturated rings. The van der Waals surface area contributed by atoms with Crippen molar-refractivity contribution >= 4 is 138 Å². The second-order valence-electron chi connectivity index (χ2n) is 24.8. The first-order chi connectivity index (χ1) is 34.7. The molecule has 76 heavy (non-hydrogen) atoms. The smallest absolute Gasteiger partial charge is 0.420 e. The van der Waals surface area contributed by atoms with Gasteiger partial charge in [-0.15, -0.1) is 0 Å². The van der Waals surface area contributed by atoms with Crippen molar-refractivity contribution in [1.82, 2.24) is 0 Å². The van der Waals surface area contributed by atoms with Gasteiger partial charge in [-0.25, -0.2) is 0 Å². The zero-order valence-corrected chi connectivity index (χ0v) is 67.5. The number of hydrogen-bond donors (Lipinski definition) is 0. The molecule has 0 N–H and O–H groups in total. The minimum atomic E-state index is -4.21. The van der Waals surface area contributed by atoms with Crippen molar-refractivity contribution in [2.45, 2.75) is 216 Å². The van der Waals surface area contributed by atoms with E-state index in [0.717, 1.165) is 0 Å². The molecule has 0 aromatic rings. The minimum absolute atomic E-state index is 0.377. The quantitative estimate of drug-likeness (QED) is 0.0669. The van der Waals surface area contributed by atoms with E-state index in [0.29, 0.717) is 97.5 Å². The van der Waals surface area contributed by atoms with Crippen LogP contribution in [-0.4, -0.2) is 180 Å². The molecule has 6 aliphatic heterocycles. The van der Waals surface area contributed by atoms with Gasteiger partial charge in [0, 0.05) is 91.0 Å². The molecule has 6 aliphatic rings. The normalized spacial score (nSPS) is 32.7. The summed E-state index contributed by atoms with van der Waals surface area (Å²) in [6, 6.07) is 7.08. The number of hydrogen-bond acceptors (Lipinski definition) is 20. The highest BCUT2D eigenvalue weighted by molar-refractivity contribution is 7.04. The van der Waals surface area contributed by atoms with Gasteiger partial charge >= 0.3 is 70.4 Å². The lowest BCUT2D eigenvalue weighted by molar-refractivity contribution is -0.0295. The Kier molecular flexibility index (Phi) is 27.0. The summed E-state index contributed by atoms with van der Waals surface area (Å²) in [6.07, 6.45) is 1.35. The molecule has 20 nitrogen and oxygen atoms in total. The molecule has 0 aliphatic carbocycles. The van der Waals surface area contributed by atoms with Gasteiger partial charge in [0.2, 0.25) is 0 Å². The van der Waals surface area contributed by atoms with Crippen LogP contribution in [0.3, 0.4) is 0 Å². The minimum Gasteiger partial charge on any atom is -0.420 e. The summed E-state index contributed by atoms with van der Waals surface area (Å²) < 4.78 is 153. The van der Waals surface area contributed by atoms with Crippen molar-refractivity contribution in [3.8, 4) is 0 Å². The maximum Gasteiger partial charge on any atom is 0.478 e. The van der Waals surface area contributed by atoms with Crippen LogP contribution < -0.4 is 0 Å². The fourth-order valence-corrected chi connectivity index (χ4v) is 78.3. The van der Waals surface area contributed by atoms with Crippen molar-refractivity contribution in [3.05, 3.63) is 0 Å². The van der Waals surface area contributed by atoms with Crippen LogP contribution in [0.15, 0.2) is 0 Å². The molecule has 0 aromatic carbocycles. The van der Waals surface area contributed by atoms with E-state index in [1.165, 1.54) is 0 Å². The first-order valence-electron chi connectivity index (χ1n) is 27.3. The molecular weight excluding hydrogens is 1250 g/mol. The highest BCUT2D eigenvalue weighted by Gasteiger charge is 2.83. The summed E-state index contributed by atoms with van der Waals surface area (Å²) in [5.74, 6) is 0. The fraction of sp³-hybridized carbons (Fsp3) is 1.00. The lowest BCUT2D eigenvalue weighted by atomic mass is 10.6. The van der Waals surface area contributed by atoms with Crippen LogP contribution in [0, 0.1) is 0 Å². The Labute approximate surface area is 477 Å². The van der Waals surface area contributed by atoms with Crippen LogP contribution in [0.5, 0.6) is 0 Å². The Bertz CT molecular complexity index is 1690. The first-order valence-corrected chi connectivity index (χ1v) is 66.3. The molecular formula is C40H104O20Si16. The second kappa shape index (κ2) is 28.2. The highest BCUT2D eigenvalue weighted by Crippen LogP contribution is 2.56. The molecule has 0 spiro atoms. The molecule has 0 saturated carbocycles. The standard InChI is InChI=1S/C36H92O18Si14.2C2H6OSi/c1-21-23-61-43-62(24-22-2)46-65(33-27-57(13,14)39-5)48-63(44-61,31-25-55(9,10)37-3)50-67(35-29-59(17,18)41-7)51-64(45-61,32-26-56(11,12)38-4)49-66(47-62,34-28-58(15,16)40-6)53-68(52-65,54-67)36-30-60(19,20)42-8;2*1-4(2)3/h21-36H2,1-20H3;2*1-2H3/t61?,62?,63-,64?,65+,66?,67?,68?;;. The molecule has 6 saturated heterocycles. The summed E-state index contributed by atoms with van der Waals surface area (Å²) in [5, 5.41) is 0. The van der Waals surface area contributed by atoms with Crippen molar-refractivity contribution < 1.29 is 84.9 Å². The highest BCUT2D eigenvalue weighted by atomic mass is 28.6. The van der Waals surface area contributed by atoms with Crippen molar-refractivity contribution in [1.29, 1.82) is 0 Å². The lowest BCUT2D eigenvalue weighted by Crippen LogP contribution is -2.88. The fourth-order valence-electron chi connectivity index (χ4n) is 8.52. The molecule has 0 radical (unpaired) electrons. The summed E-state index contributed by atoms with van der Waals surface area (Å²) in [6.45, 7) is 37.6.